The third-order valence-corrected chi connectivity index (χ3v) is 6.35. The van der Waals surface area contributed by atoms with E-state index in [0.717, 1.165) is 17.8 Å². The molecule has 1 heterocycles. The largest absolute Gasteiger partial charge is 0.481 e. The van der Waals surface area contributed by atoms with Crippen LogP contribution in [0.2, 0.25) is 0 Å². The number of thiophene rings is 1. The van der Waals surface area contributed by atoms with Gasteiger partial charge in [-0.05, 0) is 31.4 Å². The molecule has 1 aromatic rings. The Balaban J connectivity index is 2.15. The maximum absolute atomic E-state index is 12.1. The SMILES string of the molecule is O=C(O)Cc1ccc(S(=O)(=O)NC2(CO)CCC2)s1. The second kappa shape index (κ2) is 5.20. The van der Waals surface area contributed by atoms with E-state index in [9.17, 15) is 18.3 Å². The first-order valence-corrected chi connectivity index (χ1v) is 8.12. The first kappa shape index (κ1) is 14.4. The number of aliphatic hydroxyl groups excluding tert-OH is 1. The molecule has 0 saturated heterocycles. The molecule has 0 bridgehead atoms. The number of hydrogen-bond acceptors (Lipinski definition) is 5. The van der Waals surface area contributed by atoms with Crippen LogP contribution in [0.15, 0.2) is 16.3 Å². The lowest BCUT2D eigenvalue weighted by Crippen LogP contribution is -2.55. The van der Waals surface area contributed by atoms with E-state index in [4.69, 9.17) is 5.11 Å². The molecule has 1 saturated carbocycles. The van der Waals surface area contributed by atoms with Crippen LogP contribution in [-0.2, 0) is 21.2 Å². The van der Waals surface area contributed by atoms with Gasteiger partial charge in [-0.1, -0.05) is 0 Å². The first-order chi connectivity index (χ1) is 8.87. The van der Waals surface area contributed by atoms with Crippen molar-refractivity contribution in [2.24, 2.45) is 0 Å². The third-order valence-electron chi connectivity index (χ3n) is 3.19. The maximum Gasteiger partial charge on any atom is 0.308 e. The van der Waals surface area contributed by atoms with Crippen molar-refractivity contribution in [1.29, 1.82) is 0 Å². The Labute approximate surface area is 115 Å². The van der Waals surface area contributed by atoms with Gasteiger partial charge in [0.1, 0.15) is 4.21 Å². The molecule has 8 heteroatoms. The minimum Gasteiger partial charge on any atom is -0.481 e. The highest BCUT2D eigenvalue weighted by Crippen LogP contribution is 2.33. The maximum atomic E-state index is 12.1. The molecule has 0 amide bonds. The number of aliphatic hydroxyl groups is 1. The van der Waals surface area contributed by atoms with Gasteiger partial charge >= 0.3 is 5.97 Å². The number of nitrogens with one attached hydrogen (secondary N) is 1. The van der Waals surface area contributed by atoms with Gasteiger partial charge < -0.3 is 10.2 Å². The van der Waals surface area contributed by atoms with Gasteiger partial charge in [-0.25, -0.2) is 13.1 Å². The Morgan fingerprint density at radius 1 is 1.42 bits per heavy atom. The number of carboxylic acid groups (broad SMARTS) is 1. The van der Waals surface area contributed by atoms with E-state index in [1.165, 1.54) is 12.1 Å². The number of hydrogen-bond donors (Lipinski definition) is 3. The molecule has 1 fully saturated rings. The number of carbonyl (C=O) groups is 1. The zero-order valence-electron chi connectivity index (χ0n) is 10.1. The standard InChI is InChI=1S/C11H15NO5S2/c13-7-11(4-1-5-11)12-19(16,17)10-3-2-8(18-10)6-9(14)15/h2-3,12-13H,1,4-7H2,(H,14,15). The molecule has 0 aliphatic heterocycles. The minimum absolute atomic E-state index is 0.0866. The Morgan fingerprint density at radius 3 is 2.58 bits per heavy atom. The molecule has 3 N–H and O–H groups in total. The summed E-state index contributed by atoms with van der Waals surface area (Å²) >= 11 is 0.941. The molecule has 106 valence electrons. The lowest BCUT2D eigenvalue weighted by molar-refractivity contribution is -0.136. The van der Waals surface area contributed by atoms with Crippen LogP contribution >= 0.6 is 11.3 Å². The summed E-state index contributed by atoms with van der Waals surface area (Å²) in [6.07, 6.45) is 1.94. The highest BCUT2D eigenvalue weighted by Gasteiger charge is 2.40. The van der Waals surface area contributed by atoms with Crippen LogP contribution in [0.25, 0.3) is 0 Å². The van der Waals surface area contributed by atoms with E-state index in [1.807, 2.05) is 0 Å². The Bertz CT molecular complexity index is 568. The van der Waals surface area contributed by atoms with Gasteiger partial charge in [0, 0.05) is 4.88 Å². The van der Waals surface area contributed by atoms with E-state index in [2.05, 4.69) is 4.72 Å². The van der Waals surface area contributed by atoms with Crippen LogP contribution in [0.3, 0.4) is 0 Å². The molecular formula is C11H15NO5S2. The van der Waals surface area contributed by atoms with Crippen LogP contribution in [0.4, 0.5) is 0 Å². The highest BCUT2D eigenvalue weighted by molar-refractivity contribution is 7.91. The number of aliphatic carboxylic acids is 1. The number of rotatable bonds is 6. The first-order valence-electron chi connectivity index (χ1n) is 5.82. The monoisotopic (exact) mass is 305 g/mol. The van der Waals surface area contributed by atoms with Crippen molar-refractivity contribution in [3.05, 3.63) is 17.0 Å². The predicted octanol–water partition coefficient (Wildman–Crippen LogP) is 0.568. The van der Waals surface area contributed by atoms with Gasteiger partial charge in [-0.15, -0.1) is 11.3 Å². The van der Waals surface area contributed by atoms with Crippen molar-refractivity contribution in [2.45, 2.75) is 35.4 Å². The summed E-state index contributed by atoms with van der Waals surface area (Å²) in [5.41, 5.74) is -0.740. The van der Waals surface area contributed by atoms with Gasteiger partial charge in [0.05, 0.1) is 18.6 Å². The Morgan fingerprint density at radius 2 is 2.11 bits per heavy atom. The topological polar surface area (TPSA) is 104 Å². The Hall–Kier alpha value is -0.960. The fourth-order valence-corrected chi connectivity index (χ4v) is 4.78. The minimum atomic E-state index is -3.69. The average Bonchev–Trinajstić information content (AvgIpc) is 2.72. The highest BCUT2D eigenvalue weighted by atomic mass is 32.2. The van der Waals surface area contributed by atoms with Crippen LogP contribution in [0.1, 0.15) is 24.1 Å². The summed E-state index contributed by atoms with van der Waals surface area (Å²) in [5.74, 6) is -0.996. The van der Waals surface area contributed by atoms with Crippen molar-refractivity contribution in [2.75, 3.05) is 6.61 Å². The number of sulfonamides is 1. The molecular weight excluding hydrogens is 290 g/mol. The quantitative estimate of drug-likeness (QED) is 0.713. The summed E-state index contributed by atoms with van der Waals surface area (Å²) in [7, 11) is -3.69. The van der Waals surface area contributed by atoms with Gasteiger partial charge in [-0.3, -0.25) is 4.79 Å². The second-order valence-corrected chi connectivity index (χ2v) is 7.77. The zero-order chi connectivity index (χ0) is 14.1. The smallest absolute Gasteiger partial charge is 0.308 e. The van der Waals surface area contributed by atoms with Crippen molar-refractivity contribution in [3.8, 4) is 0 Å². The summed E-state index contributed by atoms with van der Waals surface area (Å²) in [6.45, 7) is -0.223. The van der Waals surface area contributed by atoms with E-state index < -0.39 is 21.5 Å². The Kier molecular flexibility index (Phi) is 3.95. The van der Waals surface area contributed by atoms with Crippen molar-refractivity contribution in [1.82, 2.24) is 4.72 Å². The van der Waals surface area contributed by atoms with Crippen molar-refractivity contribution < 1.29 is 23.4 Å². The van der Waals surface area contributed by atoms with Crippen molar-refractivity contribution >= 4 is 27.3 Å². The number of carboxylic acids is 1. The predicted molar refractivity (Wildman–Crippen MR) is 69.6 cm³/mol. The lowest BCUT2D eigenvalue weighted by atomic mass is 9.78. The van der Waals surface area contributed by atoms with E-state index in [0.29, 0.717) is 17.7 Å². The molecule has 1 aromatic heterocycles. The molecule has 0 unspecified atom stereocenters. The summed E-state index contributed by atoms with van der Waals surface area (Å²) in [4.78, 5) is 11.1. The van der Waals surface area contributed by atoms with Crippen LogP contribution < -0.4 is 4.72 Å². The fourth-order valence-electron chi connectivity index (χ4n) is 1.98. The molecule has 19 heavy (non-hydrogen) atoms. The van der Waals surface area contributed by atoms with Gasteiger partial charge in [0.25, 0.3) is 10.0 Å². The van der Waals surface area contributed by atoms with Gasteiger partial charge in [0.2, 0.25) is 0 Å². The normalized spacial score (nSPS) is 17.9. The van der Waals surface area contributed by atoms with E-state index in [-0.39, 0.29) is 17.2 Å². The molecule has 0 aromatic carbocycles. The second-order valence-electron chi connectivity index (χ2n) is 4.69. The van der Waals surface area contributed by atoms with E-state index in [1.54, 1.807) is 0 Å². The van der Waals surface area contributed by atoms with Crippen LogP contribution in [0.5, 0.6) is 0 Å². The molecule has 0 spiro atoms. The third kappa shape index (κ3) is 3.14. The molecule has 6 nitrogen and oxygen atoms in total. The summed E-state index contributed by atoms with van der Waals surface area (Å²) in [5, 5.41) is 17.9. The zero-order valence-corrected chi connectivity index (χ0v) is 11.8. The van der Waals surface area contributed by atoms with E-state index >= 15 is 0 Å². The average molecular weight is 305 g/mol. The molecule has 1 aliphatic carbocycles. The van der Waals surface area contributed by atoms with Crippen molar-refractivity contribution in [3.63, 3.8) is 0 Å². The van der Waals surface area contributed by atoms with Gasteiger partial charge in [0.15, 0.2) is 0 Å². The van der Waals surface area contributed by atoms with Crippen LogP contribution in [-0.4, -0.2) is 36.7 Å². The molecule has 1 aliphatic rings. The molecule has 0 radical (unpaired) electrons. The summed E-state index contributed by atoms with van der Waals surface area (Å²) < 4.78 is 26.9. The van der Waals surface area contributed by atoms with Gasteiger partial charge in [-0.2, -0.15) is 0 Å². The van der Waals surface area contributed by atoms with Crippen LogP contribution in [0, 0.1) is 0 Å². The fraction of sp³-hybridized carbons (Fsp3) is 0.545. The molecule has 0 atom stereocenters. The summed E-state index contributed by atoms with van der Waals surface area (Å²) in [6, 6.07) is 2.90. The molecule has 2 rings (SSSR count). The lowest BCUT2D eigenvalue weighted by Gasteiger charge is -2.40.